The number of phenolic OH excluding ortho intramolecular Hbond substituents is 1. The summed E-state index contributed by atoms with van der Waals surface area (Å²) in [5, 5.41) is 12.9. The molecule has 3 aromatic carbocycles. The first-order chi connectivity index (χ1) is 17.7. The number of phenols is 1. The molecule has 4 rings (SSSR count). The van der Waals surface area contributed by atoms with Gasteiger partial charge in [0.2, 0.25) is 12.7 Å². The molecule has 1 heterocycles. The predicted molar refractivity (Wildman–Crippen MR) is 141 cm³/mol. The third-order valence-corrected chi connectivity index (χ3v) is 6.21. The van der Waals surface area contributed by atoms with Crippen molar-refractivity contribution in [2.75, 3.05) is 12.1 Å². The summed E-state index contributed by atoms with van der Waals surface area (Å²) in [6.07, 6.45) is 2.06. The number of ether oxygens (including phenoxy) is 2. The third kappa shape index (κ3) is 6.19. The number of carbonyl (C=O) groups is 3. The Bertz CT molecular complexity index is 1380. The van der Waals surface area contributed by atoms with Crippen molar-refractivity contribution in [2.45, 2.75) is 26.7 Å². The summed E-state index contributed by atoms with van der Waals surface area (Å²) < 4.78 is 11.0. The van der Waals surface area contributed by atoms with Gasteiger partial charge in [-0.2, -0.15) is 0 Å². The third-order valence-electron chi connectivity index (χ3n) is 5.96. The van der Waals surface area contributed by atoms with E-state index in [0.29, 0.717) is 45.3 Å². The highest BCUT2D eigenvalue weighted by Gasteiger charge is 2.27. The highest BCUT2D eigenvalue weighted by molar-refractivity contribution is 6.32. The van der Waals surface area contributed by atoms with Gasteiger partial charge >= 0.3 is 0 Å². The van der Waals surface area contributed by atoms with Gasteiger partial charge in [0.25, 0.3) is 0 Å². The minimum absolute atomic E-state index is 0.0247. The molecule has 1 aliphatic heterocycles. The van der Waals surface area contributed by atoms with E-state index in [1.807, 2.05) is 6.92 Å². The minimum Gasteiger partial charge on any atom is -0.508 e. The summed E-state index contributed by atoms with van der Waals surface area (Å²) in [4.78, 5) is 39.4. The fourth-order valence-electron chi connectivity index (χ4n) is 4.19. The Hall–Kier alpha value is -4.10. The lowest BCUT2D eigenvalue weighted by Gasteiger charge is -2.16. The molecule has 0 unspecified atom stereocenters. The molecule has 0 saturated heterocycles. The largest absolute Gasteiger partial charge is 0.508 e. The number of hydrogen-bond donors (Lipinski definition) is 2. The smallest absolute Gasteiger partial charge is 0.231 e. The number of hydrogen-bond acceptors (Lipinski definition) is 6. The molecule has 8 heteroatoms. The van der Waals surface area contributed by atoms with Crippen molar-refractivity contribution in [3.05, 3.63) is 94.0 Å². The quantitative estimate of drug-likeness (QED) is 0.156. The molecule has 2 N–H and O–H groups in total. The van der Waals surface area contributed by atoms with Gasteiger partial charge in [-0.25, -0.2) is 0 Å². The molecule has 0 aliphatic carbocycles. The Labute approximate surface area is 219 Å². The van der Waals surface area contributed by atoms with Crippen LogP contribution in [0.1, 0.15) is 46.5 Å². The number of halogens is 1. The Morgan fingerprint density at radius 2 is 1.73 bits per heavy atom. The second-order valence-electron chi connectivity index (χ2n) is 8.84. The molecular weight excluding hydrogens is 494 g/mol. The van der Waals surface area contributed by atoms with Gasteiger partial charge in [-0.05, 0) is 73.4 Å². The Balaban J connectivity index is 1.56. The van der Waals surface area contributed by atoms with Crippen LogP contribution in [-0.2, 0) is 11.2 Å². The fourth-order valence-corrected chi connectivity index (χ4v) is 4.32. The van der Waals surface area contributed by atoms with Crippen LogP contribution in [0.25, 0.3) is 0 Å². The van der Waals surface area contributed by atoms with Gasteiger partial charge in [0, 0.05) is 34.3 Å². The maximum Gasteiger partial charge on any atom is 0.231 e. The average Bonchev–Trinajstić information content (AvgIpc) is 3.31. The molecular formula is C29H26ClNO6. The Kier molecular flexibility index (Phi) is 7.94. The molecule has 0 bridgehead atoms. The predicted octanol–water partition coefficient (Wildman–Crippen LogP) is 5.99. The topological polar surface area (TPSA) is 102 Å². The molecule has 0 saturated carbocycles. The van der Waals surface area contributed by atoms with Crippen LogP contribution in [0.3, 0.4) is 0 Å². The van der Waals surface area contributed by atoms with Crippen molar-refractivity contribution in [1.82, 2.24) is 0 Å². The number of anilines is 1. The lowest BCUT2D eigenvalue weighted by molar-refractivity contribution is -0.116. The van der Waals surface area contributed by atoms with Crippen molar-refractivity contribution in [3.63, 3.8) is 0 Å². The van der Waals surface area contributed by atoms with E-state index < -0.39 is 11.6 Å². The zero-order valence-corrected chi connectivity index (χ0v) is 21.2. The normalized spacial score (nSPS) is 13.2. The first kappa shape index (κ1) is 26.0. The highest BCUT2D eigenvalue weighted by Crippen LogP contribution is 2.37. The average molecular weight is 520 g/mol. The van der Waals surface area contributed by atoms with E-state index in [4.69, 9.17) is 21.1 Å². The van der Waals surface area contributed by atoms with Crippen LogP contribution < -0.4 is 14.8 Å². The number of aromatic hydroxyl groups is 1. The van der Waals surface area contributed by atoms with Crippen molar-refractivity contribution in [3.8, 4) is 17.2 Å². The van der Waals surface area contributed by atoms with Crippen LogP contribution in [-0.4, -0.2) is 29.4 Å². The number of nitrogens with one attached hydrogen (secondary N) is 1. The van der Waals surface area contributed by atoms with Crippen molar-refractivity contribution in [1.29, 1.82) is 0 Å². The molecule has 0 aromatic heterocycles. The molecule has 0 fully saturated rings. The number of rotatable bonds is 9. The molecule has 1 aliphatic rings. The van der Waals surface area contributed by atoms with Crippen LogP contribution >= 0.6 is 11.6 Å². The second-order valence-corrected chi connectivity index (χ2v) is 9.28. The van der Waals surface area contributed by atoms with Gasteiger partial charge in [-0.15, -0.1) is 0 Å². The first-order valence-electron chi connectivity index (χ1n) is 11.8. The summed E-state index contributed by atoms with van der Waals surface area (Å²) >= 11 is 5.94. The first-order valence-corrected chi connectivity index (χ1v) is 12.2. The van der Waals surface area contributed by atoms with Crippen molar-refractivity contribution >= 4 is 34.8 Å². The Morgan fingerprint density at radius 3 is 2.41 bits per heavy atom. The standard InChI is InChI=1S/C29H26ClNO6/c1-3-23(28(34)18-7-9-20(30)10-8-18)29(35)24-15-26-25(36-16-37-26)13-19(24)11-17(2)12-27(33)31-21-5-4-6-22(32)14-21/h3-10,13-15,17,32H,11-12,16H2,1-2H3,(H,31,33)/b23-3-/t17-/m1/s1. The molecule has 190 valence electrons. The van der Waals surface area contributed by atoms with E-state index in [9.17, 15) is 19.5 Å². The summed E-state index contributed by atoms with van der Waals surface area (Å²) in [7, 11) is 0. The van der Waals surface area contributed by atoms with E-state index in [0.717, 1.165) is 0 Å². The van der Waals surface area contributed by atoms with E-state index in [1.54, 1.807) is 55.5 Å². The van der Waals surface area contributed by atoms with E-state index in [2.05, 4.69) is 5.32 Å². The van der Waals surface area contributed by atoms with E-state index in [-0.39, 0.29) is 36.4 Å². The summed E-state index contributed by atoms with van der Waals surface area (Å²) in [6.45, 7) is 3.58. The van der Waals surface area contributed by atoms with Gasteiger partial charge in [-0.3, -0.25) is 14.4 Å². The number of Topliss-reactive ketones (excluding diaryl/α,β-unsaturated/α-hetero) is 2. The van der Waals surface area contributed by atoms with Crippen molar-refractivity contribution in [2.24, 2.45) is 5.92 Å². The minimum atomic E-state index is -0.438. The molecule has 7 nitrogen and oxygen atoms in total. The number of allylic oxidation sites excluding steroid dienone is 2. The number of benzene rings is 3. The van der Waals surface area contributed by atoms with Gasteiger partial charge in [0.05, 0.1) is 5.57 Å². The van der Waals surface area contributed by atoms with Crippen LogP contribution in [0.4, 0.5) is 5.69 Å². The zero-order chi connectivity index (χ0) is 26.5. The fraction of sp³-hybridized carbons (Fsp3) is 0.207. The van der Waals surface area contributed by atoms with Crippen LogP contribution in [0, 0.1) is 5.92 Å². The number of carbonyl (C=O) groups excluding carboxylic acids is 3. The SMILES string of the molecule is C/C=C(/C(=O)c1ccc(Cl)cc1)C(=O)c1cc2c(cc1C[C@@H](C)CC(=O)Nc1cccc(O)c1)OCO2. The lowest BCUT2D eigenvalue weighted by Crippen LogP contribution is -2.19. The van der Waals surface area contributed by atoms with E-state index in [1.165, 1.54) is 18.2 Å². The van der Waals surface area contributed by atoms with Crippen LogP contribution in [0.15, 0.2) is 72.3 Å². The molecule has 1 atom stereocenters. The highest BCUT2D eigenvalue weighted by atomic mass is 35.5. The Morgan fingerprint density at radius 1 is 1.03 bits per heavy atom. The lowest BCUT2D eigenvalue weighted by atomic mass is 9.88. The molecule has 0 spiro atoms. The van der Waals surface area contributed by atoms with Gasteiger partial charge < -0.3 is 19.9 Å². The summed E-state index contributed by atoms with van der Waals surface area (Å²) in [5.74, 6) is -0.227. The maximum absolute atomic E-state index is 13.6. The summed E-state index contributed by atoms with van der Waals surface area (Å²) in [5.41, 5.74) is 1.84. The molecule has 3 aromatic rings. The monoisotopic (exact) mass is 519 g/mol. The molecule has 0 radical (unpaired) electrons. The summed E-state index contributed by atoms with van der Waals surface area (Å²) in [6, 6.07) is 16.0. The van der Waals surface area contributed by atoms with Gasteiger partial charge in [0.1, 0.15) is 5.75 Å². The van der Waals surface area contributed by atoms with Gasteiger partial charge in [-0.1, -0.05) is 30.7 Å². The van der Waals surface area contributed by atoms with E-state index >= 15 is 0 Å². The number of amides is 1. The molecule has 37 heavy (non-hydrogen) atoms. The maximum atomic E-state index is 13.6. The van der Waals surface area contributed by atoms with Crippen molar-refractivity contribution < 1.29 is 29.0 Å². The van der Waals surface area contributed by atoms with Crippen LogP contribution in [0.2, 0.25) is 5.02 Å². The zero-order valence-electron chi connectivity index (χ0n) is 20.4. The van der Waals surface area contributed by atoms with Gasteiger partial charge in [0.15, 0.2) is 23.1 Å². The second kappa shape index (κ2) is 11.3. The number of fused-ring (bicyclic) bond motifs is 1. The van der Waals surface area contributed by atoms with Crippen LogP contribution in [0.5, 0.6) is 17.2 Å². The number of ketones is 2. The molecule has 1 amide bonds.